The second-order valence-corrected chi connectivity index (χ2v) is 9.93. The highest BCUT2D eigenvalue weighted by Gasteiger charge is 2.24. The summed E-state index contributed by atoms with van der Waals surface area (Å²) < 4.78 is 1.13. The number of nitrogen functional groups attached to an aromatic ring is 1. The van der Waals surface area contributed by atoms with E-state index in [4.69, 9.17) is 20.8 Å². The summed E-state index contributed by atoms with van der Waals surface area (Å²) in [6, 6.07) is 10.1. The summed E-state index contributed by atoms with van der Waals surface area (Å²) >= 11 is 3.51. The van der Waals surface area contributed by atoms with Gasteiger partial charge in [-0.3, -0.25) is 0 Å². The zero-order valence-electron chi connectivity index (χ0n) is 16.8. The van der Waals surface area contributed by atoms with E-state index in [0.29, 0.717) is 23.6 Å². The van der Waals surface area contributed by atoms with Gasteiger partial charge in [-0.1, -0.05) is 36.8 Å². The lowest BCUT2D eigenvalue weighted by Gasteiger charge is -2.23. The lowest BCUT2D eigenvalue weighted by molar-refractivity contribution is 0.311. The molecule has 158 valence electrons. The maximum absolute atomic E-state index is 8.95. The smallest absolute Gasteiger partial charge is 0.222 e. The summed E-state index contributed by atoms with van der Waals surface area (Å²) in [4.78, 5) is 19.2. The Morgan fingerprint density at radius 1 is 1.10 bits per heavy atom. The molecule has 0 amide bonds. The Bertz CT molecular complexity index is 1190. The van der Waals surface area contributed by atoms with Crippen molar-refractivity contribution in [1.82, 2.24) is 19.9 Å². The second kappa shape index (κ2) is 8.78. The molecule has 0 saturated heterocycles. The Balaban J connectivity index is 1.60. The van der Waals surface area contributed by atoms with Gasteiger partial charge in [0.05, 0.1) is 33.1 Å². The monoisotopic (exact) mass is 450 g/mol. The van der Waals surface area contributed by atoms with Crippen molar-refractivity contribution in [2.75, 3.05) is 24.2 Å². The van der Waals surface area contributed by atoms with Crippen LogP contribution >= 0.6 is 23.1 Å². The first kappa shape index (κ1) is 20.2. The largest absolute Gasteiger partial charge is 0.397 e. The van der Waals surface area contributed by atoms with Crippen LogP contribution in [0.4, 0.5) is 11.6 Å². The van der Waals surface area contributed by atoms with Crippen LogP contribution in [0.15, 0.2) is 46.9 Å². The lowest BCUT2D eigenvalue weighted by atomic mass is 10.0. The Labute approximate surface area is 188 Å². The predicted octanol–water partition coefficient (Wildman–Crippen LogP) is 4.45. The molecule has 5 rings (SSSR count). The highest BCUT2D eigenvalue weighted by molar-refractivity contribution is 8.02. The lowest BCUT2D eigenvalue weighted by Crippen LogP contribution is -2.12. The van der Waals surface area contributed by atoms with E-state index in [2.05, 4.69) is 15.3 Å². The highest BCUT2D eigenvalue weighted by atomic mass is 32.2. The van der Waals surface area contributed by atoms with E-state index < -0.39 is 0 Å². The van der Waals surface area contributed by atoms with Crippen LogP contribution in [0.5, 0.6) is 0 Å². The molecule has 31 heavy (non-hydrogen) atoms. The molecule has 1 fully saturated rings. The van der Waals surface area contributed by atoms with Gasteiger partial charge in [-0.15, -0.1) is 23.1 Å². The molecule has 3 aromatic heterocycles. The van der Waals surface area contributed by atoms with Crippen LogP contribution in [0.3, 0.4) is 0 Å². The molecule has 1 aliphatic rings. The molecular formula is C22H22N6OS2. The third-order valence-electron chi connectivity index (χ3n) is 5.23. The predicted molar refractivity (Wildman–Crippen MR) is 127 cm³/mol. The number of aromatic nitrogens is 4. The molecular weight excluding hydrogens is 428 g/mol. The van der Waals surface area contributed by atoms with Crippen molar-refractivity contribution in [3.63, 3.8) is 0 Å². The molecule has 0 bridgehead atoms. The van der Waals surface area contributed by atoms with Crippen molar-refractivity contribution >= 4 is 45.0 Å². The molecule has 0 aliphatic heterocycles. The minimum atomic E-state index is 0.0202. The quantitative estimate of drug-likeness (QED) is 0.379. The maximum atomic E-state index is 8.95. The van der Waals surface area contributed by atoms with Crippen molar-refractivity contribution in [3.8, 4) is 22.6 Å². The third-order valence-corrected chi connectivity index (χ3v) is 7.90. The number of hydrogen-bond acceptors (Lipinski definition) is 9. The zero-order chi connectivity index (χ0) is 21.2. The highest BCUT2D eigenvalue weighted by Crippen LogP contribution is 2.47. The summed E-state index contributed by atoms with van der Waals surface area (Å²) in [7, 11) is 0. The summed E-state index contributed by atoms with van der Waals surface area (Å²) in [5.41, 5.74) is 9.96. The molecule has 1 aliphatic carbocycles. The molecule has 1 aromatic carbocycles. The Hall–Kier alpha value is -2.75. The first-order valence-electron chi connectivity index (χ1n) is 10.2. The summed E-state index contributed by atoms with van der Waals surface area (Å²) in [6.07, 6.45) is 7.18. The van der Waals surface area contributed by atoms with E-state index in [0.717, 1.165) is 36.9 Å². The van der Waals surface area contributed by atoms with Crippen molar-refractivity contribution in [3.05, 3.63) is 42.7 Å². The first-order valence-corrected chi connectivity index (χ1v) is 11.9. The SMILES string of the molecule is Nc1c(SC2CCC2)sc2nc(-c3cnc(NCCO)nc3)nc(-c3ccccc3)c12. The summed E-state index contributed by atoms with van der Waals surface area (Å²) in [5.74, 6) is 1.03. The van der Waals surface area contributed by atoms with Gasteiger partial charge in [0, 0.05) is 29.8 Å². The van der Waals surface area contributed by atoms with Crippen LogP contribution in [0, 0.1) is 0 Å². The summed E-state index contributed by atoms with van der Waals surface area (Å²) in [6.45, 7) is 0.419. The van der Waals surface area contributed by atoms with Crippen LogP contribution in [0.1, 0.15) is 19.3 Å². The van der Waals surface area contributed by atoms with E-state index in [1.54, 1.807) is 23.7 Å². The van der Waals surface area contributed by atoms with Gasteiger partial charge in [-0.25, -0.2) is 19.9 Å². The number of hydrogen-bond donors (Lipinski definition) is 3. The van der Waals surface area contributed by atoms with Gasteiger partial charge >= 0.3 is 0 Å². The average Bonchev–Trinajstić information content (AvgIpc) is 3.10. The molecule has 0 radical (unpaired) electrons. The molecule has 0 atom stereocenters. The minimum absolute atomic E-state index is 0.0202. The second-order valence-electron chi connectivity index (χ2n) is 7.36. The van der Waals surface area contributed by atoms with E-state index in [1.807, 2.05) is 42.1 Å². The average molecular weight is 451 g/mol. The van der Waals surface area contributed by atoms with Gasteiger partial charge in [0.2, 0.25) is 5.95 Å². The van der Waals surface area contributed by atoms with Crippen LogP contribution in [0.25, 0.3) is 32.9 Å². The first-order chi connectivity index (χ1) is 15.2. The number of rotatable bonds is 7. The van der Waals surface area contributed by atoms with Gasteiger partial charge in [-0.05, 0) is 12.8 Å². The zero-order valence-corrected chi connectivity index (χ0v) is 18.4. The number of nitrogens with zero attached hydrogens (tertiary/aromatic N) is 4. The van der Waals surface area contributed by atoms with Gasteiger partial charge in [0.1, 0.15) is 4.83 Å². The molecule has 3 heterocycles. The fraction of sp³-hybridized carbons (Fsp3) is 0.273. The van der Waals surface area contributed by atoms with Crippen molar-refractivity contribution in [2.45, 2.75) is 28.7 Å². The van der Waals surface area contributed by atoms with Gasteiger partial charge in [0.25, 0.3) is 0 Å². The van der Waals surface area contributed by atoms with Crippen LogP contribution in [-0.4, -0.2) is 43.4 Å². The number of fused-ring (bicyclic) bond motifs is 1. The normalized spacial score (nSPS) is 14.0. The summed E-state index contributed by atoms with van der Waals surface area (Å²) in [5, 5.41) is 13.5. The number of nitrogens with two attached hydrogens (primary N) is 1. The Morgan fingerprint density at radius 3 is 2.55 bits per heavy atom. The maximum Gasteiger partial charge on any atom is 0.222 e. The van der Waals surface area contributed by atoms with Crippen LogP contribution < -0.4 is 11.1 Å². The van der Waals surface area contributed by atoms with Crippen LogP contribution in [0.2, 0.25) is 0 Å². The van der Waals surface area contributed by atoms with Crippen molar-refractivity contribution in [2.24, 2.45) is 0 Å². The molecule has 4 N–H and O–H groups in total. The van der Waals surface area contributed by atoms with E-state index in [1.165, 1.54) is 19.3 Å². The minimum Gasteiger partial charge on any atom is -0.397 e. The number of benzene rings is 1. The van der Waals surface area contributed by atoms with E-state index in [-0.39, 0.29) is 6.61 Å². The number of thiophene rings is 1. The molecule has 4 aromatic rings. The number of anilines is 2. The topological polar surface area (TPSA) is 110 Å². The number of thioether (sulfide) groups is 1. The van der Waals surface area contributed by atoms with E-state index in [9.17, 15) is 0 Å². The van der Waals surface area contributed by atoms with Crippen molar-refractivity contribution in [1.29, 1.82) is 0 Å². The number of nitrogens with one attached hydrogen (secondary N) is 1. The van der Waals surface area contributed by atoms with Crippen LogP contribution in [-0.2, 0) is 0 Å². The fourth-order valence-electron chi connectivity index (χ4n) is 3.37. The standard InChI is InChI=1S/C22H22N6OS2/c23-17-16-18(13-5-2-1-3-6-13)27-19(14-11-25-22(26-12-14)24-9-10-29)28-20(16)31-21(17)30-15-7-4-8-15/h1-3,5-6,11-12,15,29H,4,7-10,23H2,(H,24,25,26). The molecule has 9 heteroatoms. The Morgan fingerprint density at radius 2 is 1.87 bits per heavy atom. The van der Waals surface area contributed by atoms with E-state index >= 15 is 0 Å². The third kappa shape index (κ3) is 4.08. The fourth-order valence-corrected chi connectivity index (χ4v) is 6.13. The number of aliphatic hydroxyl groups excluding tert-OH is 1. The Kier molecular flexibility index (Phi) is 5.71. The van der Waals surface area contributed by atoms with Gasteiger partial charge < -0.3 is 16.2 Å². The molecule has 0 unspecified atom stereocenters. The van der Waals surface area contributed by atoms with Gasteiger partial charge in [0.15, 0.2) is 5.82 Å². The molecule has 7 nitrogen and oxygen atoms in total. The van der Waals surface area contributed by atoms with Crippen molar-refractivity contribution < 1.29 is 5.11 Å². The van der Waals surface area contributed by atoms with Gasteiger partial charge in [-0.2, -0.15) is 0 Å². The molecule has 0 spiro atoms. The molecule has 1 saturated carbocycles. The number of aliphatic hydroxyl groups is 1.